The quantitative estimate of drug-likeness (QED) is 0.367. The monoisotopic (exact) mass is 546 g/mol. The van der Waals surface area contributed by atoms with Gasteiger partial charge in [-0.15, -0.1) is 13.2 Å². The van der Waals surface area contributed by atoms with Gasteiger partial charge in [-0.2, -0.15) is 0 Å². The number of fused-ring (bicyclic) bond motifs is 1. The number of benzene rings is 3. The summed E-state index contributed by atoms with van der Waals surface area (Å²) in [7, 11) is 0. The van der Waals surface area contributed by atoms with E-state index in [1.54, 1.807) is 44.2 Å². The topological polar surface area (TPSA) is 95.9 Å². The van der Waals surface area contributed by atoms with Crippen molar-refractivity contribution in [2.45, 2.75) is 32.8 Å². The number of carboxylic acid groups (broad SMARTS) is 1. The molecule has 7 nitrogen and oxygen atoms in total. The normalized spacial score (nSPS) is 13.9. The summed E-state index contributed by atoms with van der Waals surface area (Å²) in [5.41, 5.74) is 2.81. The lowest BCUT2D eigenvalue weighted by Crippen LogP contribution is -2.44. The number of carbonyl (C=O) groups excluding carboxylic acids is 2. The Hall–Kier alpha value is -4.05. The summed E-state index contributed by atoms with van der Waals surface area (Å²) in [5.74, 6) is -2.70. The van der Waals surface area contributed by atoms with Crippen molar-refractivity contribution in [3.05, 3.63) is 82.4 Å². The number of amides is 2. The maximum atomic E-state index is 13.0. The number of ether oxygens (including phenoxy) is 1. The minimum Gasteiger partial charge on any atom is -0.480 e. The van der Waals surface area contributed by atoms with Crippen molar-refractivity contribution in [3.8, 4) is 16.9 Å². The lowest BCUT2D eigenvalue weighted by molar-refractivity contribution is -0.274. The van der Waals surface area contributed by atoms with Gasteiger partial charge in [0.1, 0.15) is 11.8 Å². The van der Waals surface area contributed by atoms with Crippen LogP contribution in [0.4, 0.5) is 18.9 Å². The Labute approximate surface area is 220 Å². The molecule has 11 heteroatoms. The number of halogens is 4. The Morgan fingerprint density at radius 1 is 1.03 bits per heavy atom. The molecule has 2 N–H and O–H groups in total. The van der Waals surface area contributed by atoms with Crippen LogP contribution in [0.3, 0.4) is 0 Å². The molecule has 0 aromatic heterocycles. The van der Waals surface area contributed by atoms with E-state index in [1.165, 1.54) is 23.1 Å². The van der Waals surface area contributed by atoms with Crippen LogP contribution in [0.15, 0.2) is 60.7 Å². The lowest BCUT2D eigenvalue weighted by Gasteiger charge is -2.27. The molecule has 198 valence electrons. The number of hydrogen-bond acceptors (Lipinski definition) is 4. The first-order valence-electron chi connectivity index (χ1n) is 11.5. The van der Waals surface area contributed by atoms with Crippen LogP contribution in [0.2, 0.25) is 5.02 Å². The molecule has 3 aromatic carbocycles. The third-order valence-electron chi connectivity index (χ3n) is 6.05. The van der Waals surface area contributed by atoms with Gasteiger partial charge >= 0.3 is 12.3 Å². The van der Waals surface area contributed by atoms with Crippen molar-refractivity contribution in [3.63, 3.8) is 0 Å². The molecule has 0 aliphatic carbocycles. The standard InChI is InChI=1S/C27H22ClF3N2O5/c1-14(2)23(26(36)37)33-13-17-4-3-16(11-21(17)25(33)35)20-10-7-18(12-22(20)28)32-24(34)15-5-8-19(9-6-15)38-27(29,30)31/h3-12,14,23H,13H2,1-2H3,(H,32,34)(H,36,37). The number of nitrogens with one attached hydrogen (secondary N) is 1. The van der Waals surface area contributed by atoms with Crippen molar-refractivity contribution in [2.75, 3.05) is 5.32 Å². The highest BCUT2D eigenvalue weighted by molar-refractivity contribution is 6.33. The second-order valence-corrected chi connectivity index (χ2v) is 9.46. The Morgan fingerprint density at radius 2 is 1.71 bits per heavy atom. The summed E-state index contributed by atoms with van der Waals surface area (Å²) in [6.07, 6.45) is -4.83. The van der Waals surface area contributed by atoms with Gasteiger partial charge in [0.2, 0.25) is 0 Å². The Kier molecular flexibility index (Phi) is 7.37. The smallest absolute Gasteiger partial charge is 0.480 e. The van der Waals surface area contributed by atoms with Crippen LogP contribution in [0.25, 0.3) is 11.1 Å². The average Bonchev–Trinajstić information content (AvgIpc) is 3.13. The van der Waals surface area contributed by atoms with E-state index in [-0.39, 0.29) is 29.0 Å². The molecule has 1 atom stereocenters. The van der Waals surface area contributed by atoms with Crippen molar-refractivity contribution in [1.82, 2.24) is 4.90 Å². The number of rotatable bonds is 7. The van der Waals surface area contributed by atoms with Crippen LogP contribution < -0.4 is 10.1 Å². The zero-order valence-electron chi connectivity index (χ0n) is 20.2. The fourth-order valence-electron chi connectivity index (χ4n) is 4.33. The van der Waals surface area contributed by atoms with Gasteiger partial charge in [0.05, 0.1) is 5.02 Å². The zero-order valence-corrected chi connectivity index (χ0v) is 20.9. The number of hydrogen-bond donors (Lipinski definition) is 2. The van der Waals surface area contributed by atoms with E-state index < -0.39 is 30.0 Å². The van der Waals surface area contributed by atoms with Gasteiger partial charge < -0.3 is 20.1 Å². The molecule has 0 bridgehead atoms. The molecule has 0 radical (unpaired) electrons. The van der Waals surface area contributed by atoms with E-state index in [0.29, 0.717) is 22.4 Å². The van der Waals surface area contributed by atoms with Gasteiger partial charge in [0.15, 0.2) is 0 Å². The van der Waals surface area contributed by atoms with Gasteiger partial charge in [-0.1, -0.05) is 43.6 Å². The number of carbonyl (C=O) groups is 3. The maximum Gasteiger partial charge on any atom is 0.573 e. The third kappa shape index (κ3) is 5.75. The van der Waals surface area contributed by atoms with Gasteiger partial charge in [-0.05, 0) is 59.5 Å². The highest BCUT2D eigenvalue weighted by Crippen LogP contribution is 2.35. The highest BCUT2D eigenvalue weighted by atomic mass is 35.5. The Balaban J connectivity index is 1.50. The van der Waals surface area contributed by atoms with Crippen molar-refractivity contribution in [2.24, 2.45) is 5.92 Å². The van der Waals surface area contributed by atoms with Crippen LogP contribution in [-0.4, -0.2) is 40.2 Å². The fourth-order valence-corrected chi connectivity index (χ4v) is 4.62. The molecule has 0 saturated carbocycles. The number of anilines is 1. The number of aliphatic carboxylic acids is 1. The molecule has 1 heterocycles. The van der Waals surface area contributed by atoms with Crippen molar-refractivity contribution < 1.29 is 37.4 Å². The zero-order chi connectivity index (χ0) is 27.8. The molecule has 0 saturated heterocycles. The van der Waals surface area contributed by atoms with Crippen LogP contribution in [-0.2, 0) is 11.3 Å². The van der Waals surface area contributed by atoms with Gasteiger partial charge in [0.25, 0.3) is 11.8 Å². The minimum atomic E-state index is -4.83. The van der Waals surface area contributed by atoms with Crippen LogP contribution in [0.1, 0.15) is 40.1 Å². The average molecular weight is 547 g/mol. The molecule has 3 aromatic rings. The van der Waals surface area contributed by atoms with Crippen LogP contribution >= 0.6 is 11.6 Å². The Bertz CT molecular complexity index is 1410. The summed E-state index contributed by atoms with van der Waals surface area (Å²) >= 11 is 6.48. The third-order valence-corrected chi connectivity index (χ3v) is 6.36. The van der Waals surface area contributed by atoms with Gasteiger partial charge in [0, 0.05) is 28.9 Å². The summed E-state index contributed by atoms with van der Waals surface area (Å²) < 4.78 is 40.8. The lowest BCUT2D eigenvalue weighted by atomic mass is 10.00. The number of carboxylic acids is 1. The van der Waals surface area contributed by atoms with Crippen LogP contribution in [0.5, 0.6) is 5.75 Å². The molecule has 0 spiro atoms. The summed E-state index contributed by atoms with van der Waals surface area (Å²) in [4.78, 5) is 38.6. The predicted molar refractivity (Wildman–Crippen MR) is 134 cm³/mol. The first-order valence-corrected chi connectivity index (χ1v) is 11.9. The largest absolute Gasteiger partial charge is 0.573 e. The summed E-state index contributed by atoms with van der Waals surface area (Å²) in [5, 5.41) is 12.5. The van der Waals surface area contributed by atoms with E-state index in [4.69, 9.17) is 11.6 Å². The highest BCUT2D eigenvalue weighted by Gasteiger charge is 2.38. The first-order chi connectivity index (χ1) is 17.8. The number of nitrogens with zero attached hydrogens (tertiary/aromatic N) is 1. The molecule has 2 amide bonds. The van der Waals surface area contributed by atoms with E-state index in [9.17, 15) is 32.7 Å². The van der Waals surface area contributed by atoms with E-state index in [0.717, 1.165) is 17.7 Å². The molecule has 4 rings (SSSR count). The molecule has 1 unspecified atom stereocenters. The first kappa shape index (κ1) is 27.0. The van der Waals surface area contributed by atoms with Crippen molar-refractivity contribution >= 4 is 35.1 Å². The SMILES string of the molecule is CC(C)C(C(=O)O)N1Cc2ccc(-c3ccc(NC(=O)c4ccc(OC(F)(F)F)cc4)cc3Cl)cc2C1=O. The maximum absolute atomic E-state index is 13.0. The van der Waals surface area contributed by atoms with Crippen LogP contribution in [0, 0.1) is 5.92 Å². The Morgan fingerprint density at radius 3 is 2.29 bits per heavy atom. The minimum absolute atomic E-state index is 0.113. The number of alkyl halides is 3. The van der Waals surface area contributed by atoms with Gasteiger partial charge in [-0.3, -0.25) is 9.59 Å². The molecule has 1 aliphatic rings. The summed E-state index contributed by atoms with van der Waals surface area (Å²) in [6, 6.07) is 13.5. The second-order valence-electron chi connectivity index (χ2n) is 9.05. The van der Waals surface area contributed by atoms with Crippen molar-refractivity contribution in [1.29, 1.82) is 0 Å². The second kappa shape index (κ2) is 10.4. The molecular formula is C27H22ClF3N2O5. The molecule has 1 aliphatic heterocycles. The molecular weight excluding hydrogens is 525 g/mol. The molecule has 38 heavy (non-hydrogen) atoms. The van der Waals surface area contributed by atoms with E-state index in [1.807, 2.05) is 0 Å². The fraction of sp³-hybridized carbons (Fsp3) is 0.222. The van der Waals surface area contributed by atoms with E-state index in [2.05, 4.69) is 10.1 Å². The van der Waals surface area contributed by atoms with Gasteiger partial charge in [-0.25, -0.2) is 4.79 Å². The summed E-state index contributed by atoms with van der Waals surface area (Å²) in [6.45, 7) is 3.70. The predicted octanol–water partition coefficient (Wildman–Crippen LogP) is 6.22. The van der Waals surface area contributed by atoms with E-state index >= 15 is 0 Å². The molecule has 0 fully saturated rings.